The van der Waals surface area contributed by atoms with E-state index in [2.05, 4.69) is 5.32 Å². The number of nitrogens with one attached hydrogen (secondary N) is 1. The summed E-state index contributed by atoms with van der Waals surface area (Å²) in [6.45, 7) is 3.32. The lowest BCUT2D eigenvalue weighted by Gasteiger charge is -2.29. The van der Waals surface area contributed by atoms with Crippen molar-refractivity contribution in [3.05, 3.63) is 24.3 Å². The molecule has 0 spiro atoms. The second-order valence-corrected chi connectivity index (χ2v) is 7.96. The highest BCUT2D eigenvalue weighted by Crippen LogP contribution is 2.40. The van der Waals surface area contributed by atoms with Crippen LogP contribution < -0.4 is 5.32 Å². The first-order chi connectivity index (χ1) is 9.81. The van der Waals surface area contributed by atoms with Gasteiger partial charge in [-0.2, -0.15) is 0 Å². The largest absolute Gasteiger partial charge is 0.481 e. The van der Waals surface area contributed by atoms with Crippen LogP contribution >= 0.6 is 0 Å². The highest BCUT2D eigenvalue weighted by Gasteiger charge is 2.45. The van der Waals surface area contributed by atoms with Crippen molar-refractivity contribution in [3.63, 3.8) is 0 Å². The van der Waals surface area contributed by atoms with Gasteiger partial charge < -0.3 is 10.4 Å². The first kappa shape index (κ1) is 15.8. The van der Waals surface area contributed by atoms with Crippen molar-refractivity contribution in [3.8, 4) is 0 Å². The van der Waals surface area contributed by atoms with Gasteiger partial charge in [-0.05, 0) is 31.9 Å². The predicted octanol–water partition coefficient (Wildman–Crippen LogP) is 2.54. The van der Waals surface area contributed by atoms with Gasteiger partial charge in [0.15, 0.2) is 9.84 Å². The van der Waals surface area contributed by atoms with E-state index in [0.717, 1.165) is 12.8 Å². The molecule has 5 nitrogen and oxygen atoms in total. The van der Waals surface area contributed by atoms with E-state index >= 15 is 0 Å². The van der Waals surface area contributed by atoms with Crippen LogP contribution in [0.2, 0.25) is 0 Å². The molecule has 2 atom stereocenters. The molecule has 0 bridgehead atoms. The molecule has 1 aliphatic carbocycles. The maximum absolute atomic E-state index is 12.1. The molecule has 2 rings (SSSR count). The minimum Gasteiger partial charge on any atom is -0.481 e. The first-order valence-corrected chi connectivity index (χ1v) is 8.78. The third-order valence-electron chi connectivity index (χ3n) is 4.38. The number of carboxylic acid groups (broad SMARTS) is 1. The Kier molecular flexibility index (Phi) is 4.27. The van der Waals surface area contributed by atoms with Gasteiger partial charge in [0.2, 0.25) is 0 Å². The average Bonchev–Trinajstić information content (AvgIpc) is 2.82. The van der Waals surface area contributed by atoms with Crippen molar-refractivity contribution in [2.45, 2.75) is 44.0 Å². The summed E-state index contributed by atoms with van der Waals surface area (Å²) in [7, 11) is -3.34. The molecule has 21 heavy (non-hydrogen) atoms. The smallest absolute Gasteiger partial charge is 0.311 e. The van der Waals surface area contributed by atoms with Crippen molar-refractivity contribution in [2.75, 3.05) is 11.1 Å². The Bertz CT molecular complexity index is 641. The zero-order valence-electron chi connectivity index (χ0n) is 12.3. The lowest BCUT2D eigenvalue weighted by Crippen LogP contribution is -2.40. The van der Waals surface area contributed by atoms with Gasteiger partial charge in [0.1, 0.15) is 0 Å². The zero-order chi connectivity index (χ0) is 15.7. The number of carbonyl (C=O) groups is 1. The number of rotatable bonds is 5. The van der Waals surface area contributed by atoms with Crippen molar-refractivity contribution in [1.29, 1.82) is 0 Å². The number of benzene rings is 1. The molecule has 0 heterocycles. The maximum Gasteiger partial charge on any atom is 0.311 e. The fourth-order valence-corrected chi connectivity index (χ4v) is 3.91. The van der Waals surface area contributed by atoms with Gasteiger partial charge in [0.25, 0.3) is 0 Å². The fourth-order valence-electron chi connectivity index (χ4n) is 2.85. The zero-order valence-corrected chi connectivity index (χ0v) is 13.1. The highest BCUT2D eigenvalue weighted by molar-refractivity contribution is 7.91. The summed E-state index contributed by atoms with van der Waals surface area (Å²) in [6, 6.07) is 6.43. The van der Waals surface area contributed by atoms with Crippen LogP contribution in [0.5, 0.6) is 0 Å². The SMILES string of the molecule is CCS(=O)(=O)c1ccccc1NC1CCCC1(C)C(=O)O. The van der Waals surface area contributed by atoms with Crippen LogP contribution in [0.3, 0.4) is 0 Å². The Morgan fingerprint density at radius 2 is 2.10 bits per heavy atom. The van der Waals surface area contributed by atoms with Crippen LogP contribution in [0.25, 0.3) is 0 Å². The number of hydrogen-bond acceptors (Lipinski definition) is 4. The van der Waals surface area contributed by atoms with E-state index in [1.807, 2.05) is 0 Å². The molecule has 0 aromatic heterocycles. The van der Waals surface area contributed by atoms with Crippen LogP contribution in [0.4, 0.5) is 5.69 Å². The lowest BCUT2D eigenvalue weighted by atomic mass is 9.85. The standard InChI is InChI=1S/C15H21NO4S/c1-3-21(19,20)12-8-5-4-7-11(12)16-13-9-6-10-15(13,2)14(17)18/h4-5,7-8,13,16H,3,6,9-10H2,1-2H3,(H,17,18). The Morgan fingerprint density at radius 3 is 2.71 bits per heavy atom. The van der Waals surface area contributed by atoms with E-state index in [1.54, 1.807) is 38.1 Å². The Labute approximate surface area is 125 Å². The molecule has 0 aliphatic heterocycles. The van der Waals surface area contributed by atoms with Crippen LogP contribution in [-0.2, 0) is 14.6 Å². The van der Waals surface area contributed by atoms with Crippen LogP contribution in [0, 0.1) is 5.41 Å². The van der Waals surface area contributed by atoms with Crippen LogP contribution in [0.1, 0.15) is 33.1 Å². The Balaban J connectivity index is 2.35. The summed E-state index contributed by atoms with van der Waals surface area (Å²) in [4.78, 5) is 11.7. The van der Waals surface area contributed by atoms with Gasteiger partial charge in [0, 0.05) is 6.04 Å². The quantitative estimate of drug-likeness (QED) is 0.873. The maximum atomic E-state index is 12.1. The number of para-hydroxylation sites is 1. The van der Waals surface area contributed by atoms with Crippen molar-refractivity contribution in [1.82, 2.24) is 0 Å². The summed E-state index contributed by atoms with van der Waals surface area (Å²) in [5.74, 6) is -0.819. The van der Waals surface area contributed by atoms with Gasteiger partial charge in [-0.25, -0.2) is 8.42 Å². The molecule has 0 amide bonds. The molecule has 1 aromatic carbocycles. The Hall–Kier alpha value is -1.56. The summed E-state index contributed by atoms with van der Waals surface area (Å²) in [5, 5.41) is 12.6. The topological polar surface area (TPSA) is 83.5 Å². The predicted molar refractivity (Wildman–Crippen MR) is 81.2 cm³/mol. The summed E-state index contributed by atoms with van der Waals surface area (Å²) in [6.07, 6.45) is 2.15. The van der Waals surface area contributed by atoms with E-state index in [0.29, 0.717) is 12.1 Å². The van der Waals surface area contributed by atoms with E-state index in [9.17, 15) is 18.3 Å². The van der Waals surface area contributed by atoms with Gasteiger partial charge in [0.05, 0.1) is 21.8 Å². The number of aliphatic carboxylic acids is 1. The van der Waals surface area contributed by atoms with Gasteiger partial charge in [-0.15, -0.1) is 0 Å². The minimum absolute atomic E-state index is 0.0204. The number of anilines is 1. The van der Waals surface area contributed by atoms with E-state index in [1.165, 1.54) is 0 Å². The van der Waals surface area contributed by atoms with E-state index in [4.69, 9.17) is 0 Å². The molecule has 2 N–H and O–H groups in total. The molecular formula is C15H21NO4S. The molecule has 0 saturated heterocycles. The summed E-state index contributed by atoms with van der Waals surface area (Å²) in [5.41, 5.74) is -0.359. The number of hydrogen-bond donors (Lipinski definition) is 2. The van der Waals surface area contributed by atoms with E-state index in [-0.39, 0.29) is 16.7 Å². The number of carboxylic acids is 1. The van der Waals surface area contributed by atoms with Gasteiger partial charge in [-0.3, -0.25) is 4.79 Å². The third-order valence-corrected chi connectivity index (χ3v) is 6.16. The van der Waals surface area contributed by atoms with Crippen molar-refractivity contribution < 1.29 is 18.3 Å². The molecule has 0 radical (unpaired) electrons. The molecule has 1 saturated carbocycles. The molecule has 1 fully saturated rings. The molecular weight excluding hydrogens is 290 g/mol. The molecule has 6 heteroatoms. The third kappa shape index (κ3) is 2.90. The van der Waals surface area contributed by atoms with Gasteiger partial charge >= 0.3 is 5.97 Å². The molecule has 116 valence electrons. The Morgan fingerprint density at radius 1 is 1.43 bits per heavy atom. The van der Waals surface area contributed by atoms with Crippen molar-refractivity contribution >= 4 is 21.5 Å². The summed E-state index contributed by atoms with van der Waals surface area (Å²) >= 11 is 0. The molecule has 1 aliphatic rings. The van der Waals surface area contributed by atoms with Crippen LogP contribution in [-0.4, -0.2) is 31.3 Å². The second-order valence-electron chi connectivity index (χ2n) is 5.71. The average molecular weight is 311 g/mol. The van der Waals surface area contributed by atoms with Crippen LogP contribution in [0.15, 0.2) is 29.2 Å². The normalized spacial score (nSPS) is 25.7. The molecule has 2 unspecified atom stereocenters. The number of sulfone groups is 1. The highest BCUT2D eigenvalue weighted by atomic mass is 32.2. The second kappa shape index (κ2) is 5.67. The monoisotopic (exact) mass is 311 g/mol. The van der Waals surface area contributed by atoms with Crippen molar-refractivity contribution in [2.24, 2.45) is 5.41 Å². The minimum atomic E-state index is -3.34. The first-order valence-electron chi connectivity index (χ1n) is 7.13. The summed E-state index contributed by atoms with van der Waals surface area (Å²) < 4.78 is 24.3. The van der Waals surface area contributed by atoms with E-state index < -0.39 is 21.2 Å². The van der Waals surface area contributed by atoms with Gasteiger partial charge in [-0.1, -0.05) is 25.5 Å². The fraction of sp³-hybridized carbons (Fsp3) is 0.533. The molecule has 1 aromatic rings. The lowest BCUT2D eigenvalue weighted by molar-refractivity contribution is -0.147.